The molecule has 0 radical (unpaired) electrons. The van der Waals surface area contributed by atoms with Gasteiger partial charge in [-0.3, -0.25) is 9.69 Å². The van der Waals surface area contributed by atoms with Gasteiger partial charge >= 0.3 is 0 Å². The predicted octanol–water partition coefficient (Wildman–Crippen LogP) is 2.68. The zero-order valence-corrected chi connectivity index (χ0v) is 17.0. The highest BCUT2D eigenvalue weighted by atomic mass is 16.5. The zero-order chi connectivity index (χ0) is 19.1. The fraction of sp³-hybridized carbons (Fsp3) is 0.667. The van der Waals surface area contributed by atoms with E-state index >= 15 is 0 Å². The predicted molar refractivity (Wildman–Crippen MR) is 108 cm³/mol. The first kappa shape index (κ1) is 20.7. The monoisotopic (exact) mass is 361 g/mol. The molecule has 5 nitrogen and oxygen atoms in total. The maximum absolute atomic E-state index is 12.5. The summed E-state index contributed by atoms with van der Waals surface area (Å²) in [6, 6.07) is 8.59. The van der Waals surface area contributed by atoms with Gasteiger partial charge < -0.3 is 15.0 Å². The van der Waals surface area contributed by atoms with Gasteiger partial charge in [0.05, 0.1) is 19.3 Å². The molecule has 1 N–H and O–H groups in total. The molecule has 0 aliphatic carbocycles. The number of morpholine rings is 1. The largest absolute Gasteiger partial charge is 0.374 e. The van der Waals surface area contributed by atoms with Gasteiger partial charge in [0.25, 0.3) is 0 Å². The topological polar surface area (TPSA) is 44.8 Å². The number of anilines is 1. The molecule has 0 bridgehead atoms. The molecule has 1 amide bonds. The summed E-state index contributed by atoms with van der Waals surface area (Å²) in [6.45, 7) is 15.4. The molecule has 1 fully saturated rings. The van der Waals surface area contributed by atoms with E-state index in [0.717, 1.165) is 31.9 Å². The third-order valence-electron chi connectivity index (χ3n) is 4.68. The van der Waals surface area contributed by atoms with Crippen LogP contribution in [0.25, 0.3) is 0 Å². The van der Waals surface area contributed by atoms with Crippen LogP contribution in [0.2, 0.25) is 0 Å². The molecule has 1 atom stereocenters. The van der Waals surface area contributed by atoms with E-state index in [1.54, 1.807) is 0 Å². The highest BCUT2D eigenvalue weighted by molar-refractivity contribution is 5.81. The number of aryl methyl sites for hydroxylation is 1. The SMILES string of the molecule is Cc1ccc(N(CC(=O)NCC2CN(CC(C)C)CCO2)C(C)C)cc1. The number of hydrogen-bond donors (Lipinski definition) is 1. The minimum Gasteiger partial charge on any atom is -0.374 e. The molecule has 146 valence electrons. The van der Waals surface area contributed by atoms with Crippen molar-refractivity contribution in [1.82, 2.24) is 10.2 Å². The number of hydrogen-bond acceptors (Lipinski definition) is 4. The number of rotatable bonds is 8. The third kappa shape index (κ3) is 6.61. The molecule has 1 aromatic carbocycles. The van der Waals surface area contributed by atoms with Crippen LogP contribution < -0.4 is 10.2 Å². The Morgan fingerprint density at radius 2 is 1.96 bits per heavy atom. The van der Waals surface area contributed by atoms with E-state index in [-0.39, 0.29) is 18.1 Å². The molecule has 26 heavy (non-hydrogen) atoms. The van der Waals surface area contributed by atoms with E-state index in [1.807, 2.05) is 0 Å². The Labute approximate surface area is 158 Å². The van der Waals surface area contributed by atoms with Crippen molar-refractivity contribution in [1.29, 1.82) is 0 Å². The van der Waals surface area contributed by atoms with Gasteiger partial charge in [-0.15, -0.1) is 0 Å². The summed E-state index contributed by atoms with van der Waals surface area (Å²) in [6.07, 6.45) is 0.0818. The van der Waals surface area contributed by atoms with E-state index in [1.165, 1.54) is 5.56 Å². The summed E-state index contributed by atoms with van der Waals surface area (Å²) in [5, 5.41) is 3.06. The Balaban J connectivity index is 1.83. The Morgan fingerprint density at radius 3 is 2.58 bits per heavy atom. The van der Waals surface area contributed by atoms with Crippen LogP contribution in [0.5, 0.6) is 0 Å². The maximum atomic E-state index is 12.5. The average molecular weight is 362 g/mol. The van der Waals surface area contributed by atoms with Crippen molar-refractivity contribution in [3.8, 4) is 0 Å². The van der Waals surface area contributed by atoms with Crippen molar-refractivity contribution in [2.24, 2.45) is 5.92 Å². The van der Waals surface area contributed by atoms with Crippen molar-refractivity contribution >= 4 is 11.6 Å². The van der Waals surface area contributed by atoms with Crippen LogP contribution in [-0.2, 0) is 9.53 Å². The zero-order valence-electron chi connectivity index (χ0n) is 17.0. The molecule has 0 aromatic heterocycles. The molecule has 5 heteroatoms. The average Bonchev–Trinajstić information content (AvgIpc) is 2.58. The lowest BCUT2D eigenvalue weighted by Gasteiger charge is -2.34. The van der Waals surface area contributed by atoms with Gasteiger partial charge in [0, 0.05) is 37.9 Å². The van der Waals surface area contributed by atoms with E-state index in [0.29, 0.717) is 19.0 Å². The summed E-state index contributed by atoms with van der Waals surface area (Å²) in [5.74, 6) is 0.696. The second-order valence-electron chi connectivity index (χ2n) is 8.01. The van der Waals surface area contributed by atoms with Crippen LogP contribution in [0.3, 0.4) is 0 Å². The minimum atomic E-state index is 0.0452. The highest BCUT2D eigenvalue weighted by Gasteiger charge is 2.22. The van der Waals surface area contributed by atoms with Crippen LogP contribution >= 0.6 is 0 Å². The Morgan fingerprint density at radius 1 is 1.27 bits per heavy atom. The van der Waals surface area contributed by atoms with Crippen molar-refractivity contribution in [3.63, 3.8) is 0 Å². The molecular weight excluding hydrogens is 326 g/mol. The molecule has 1 saturated heterocycles. The van der Waals surface area contributed by atoms with E-state index in [2.05, 4.69) is 74.0 Å². The number of benzene rings is 1. The van der Waals surface area contributed by atoms with Crippen molar-refractivity contribution in [3.05, 3.63) is 29.8 Å². The Bertz CT molecular complexity index is 557. The normalized spacial score (nSPS) is 18.3. The Hall–Kier alpha value is -1.59. The summed E-state index contributed by atoms with van der Waals surface area (Å²) < 4.78 is 5.82. The standard InChI is InChI=1S/C21H35N3O2/c1-16(2)13-23-10-11-26-20(14-23)12-22-21(25)15-24(17(3)4)19-8-6-18(5)7-9-19/h6-9,16-17,20H,10-15H2,1-5H3,(H,22,25). The molecule has 2 rings (SSSR count). The summed E-state index contributed by atoms with van der Waals surface area (Å²) >= 11 is 0. The van der Waals surface area contributed by atoms with E-state index < -0.39 is 0 Å². The summed E-state index contributed by atoms with van der Waals surface area (Å²) in [5.41, 5.74) is 2.31. The van der Waals surface area contributed by atoms with Gasteiger partial charge in [-0.1, -0.05) is 31.5 Å². The lowest BCUT2D eigenvalue weighted by atomic mass is 10.1. The second-order valence-corrected chi connectivity index (χ2v) is 8.01. The van der Waals surface area contributed by atoms with Crippen molar-refractivity contribution in [2.75, 3.05) is 44.2 Å². The quantitative estimate of drug-likeness (QED) is 0.773. The van der Waals surface area contributed by atoms with Gasteiger partial charge in [-0.25, -0.2) is 0 Å². The van der Waals surface area contributed by atoms with Crippen LogP contribution in [-0.4, -0.2) is 62.3 Å². The molecular formula is C21H35N3O2. The molecule has 1 heterocycles. The van der Waals surface area contributed by atoms with E-state index in [9.17, 15) is 4.79 Å². The summed E-state index contributed by atoms with van der Waals surface area (Å²) in [4.78, 5) is 17.0. The number of carbonyl (C=O) groups excluding carboxylic acids is 1. The van der Waals surface area contributed by atoms with Crippen LogP contribution in [0.4, 0.5) is 5.69 Å². The van der Waals surface area contributed by atoms with Gasteiger partial charge in [-0.05, 0) is 38.8 Å². The van der Waals surface area contributed by atoms with Gasteiger partial charge in [0.15, 0.2) is 0 Å². The molecule has 1 aliphatic rings. The number of nitrogens with zero attached hydrogens (tertiary/aromatic N) is 2. The number of nitrogens with one attached hydrogen (secondary N) is 1. The lowest BCUT2D eigenvalue weighted by molar-refractivity contribution is -0.121. The van der Waals surface area contributed by atoms with Crippen LogP contribution in [0, 0.1) is 12.8 Å². The fourth-order valence-electron chi connectivity index (χ4n) is 3.33. The minimum absolute atomic E-state index is 0.0452. The summed E-state index contributed by atoms with van der Waals surface area (Å²) in [7, 11) is 0. The maximum Gasteiger partial charge on any atom is 0.239 e. The number of ether oxygens (including phenoxy) is 1. The van der Waals surface area contributed by atoms with E-state index in [4.69, 9.17) is 4.74 Å². The van der Waals surface area contributed by atoms with Gasteiger partial charge in [0.2, 0.25) is 5.91 Å². The number of carbonyl (C=O) groups is 1. The van der Waals surface area contributed by atoms with Gasteiger partial charge in [0.1, 0.15) is 0 Å². The van der Waals surface area contributed by atoms with Crippen LogP contribution in [0.1, 0.15) is 33.3 Å². The first-order valence-corrected chi connectivity index (χ1v) is 9.79. The highest BCUT2D eigenvalue weighted by Crippen LogP contribution is 2.17. The number of amides is 1. The molecule has 1 unspecified atom stereocenters. The lowest BCUT2D eigenvalue weighted by Crippen LogP contribution is -2.50. The Kier molecular flexibility index (Phi) is 7.91. The first-order valence-electron chi connectivity index (χ1n) is 9.79. The van der Waals surface area contributed by atoms with Crippen LogP contribution in [0.15, 0.2) is 24.3 Å². The van der Waals surface area contributed by atoms with Crippen molar-refractivity contribution < 1.29 is 9.53 Å². The third-order valence-corrected chi connectivity index (χ3v) is 4.68. The molecule has 1 aromatic rings. The second kappa shape index (κ2) is 9.93. The molecule has 0 spiro atoms. The first-order chi connectivity index (χ1) is 12.3. The van der Waals surface area contributed by atoms with Gasteiger partial charge in [-0.2, -0.15) is 0 Å². The fourth-order valence-corrected chi connectivity index (χ4v) is 3.33. The molecule has 0 saturated carbocycles. The smallest absolute Gasteiger partial charge is 0.239 e. The molecule has 1 aliphatic heterocycles. The van der Waals surface area contributed by atoms with Crippen molar-refractivity contribution in [2.45, 2.75) is 46.8 Å².